The Morgan fingerprint density at radius 1 is 1.83 bits per heavy atom. The van der Waals surface area contributed by atoms with E-state index >= 15 is 0 Å². The van der Waals surface area contributed by atoms with Crippen molar-refractivity contribution in [3.8, 4) is 0 Å². The van der Waals surface area contributed by atoms with Crippen molar-refractivity contribution in [1.82, 2.24) is 5.32 Å². The number of allylic oxidation sites excluding steroid dienone is 2. The van der Waals surface area contributed by atoms with Crippen LogP contribution in [0.2, 0.25) is 0 Å². The number of hydrogen-bond donors (Lipinski definition) is 1. The van der Waals surface area contributed by atoms with Gasteiger partial charge in [-0.1, -0.05) is 6.08 Å². The minimum absolute atomic E-state index is 0.0719. The molecule has 1 aliphatic rings. The van der Waals surface area contributed by atoms with E-state index in [9.17, 15) is 4.79 Å². The maximum atomic E-state index is 10.6. The fourth-order valence-electron chi connectivity index (χ4n) is 1.24. The van der Waals surface area contributed by atoms with Crippen LogP contribution in [0.25, 0.3) is 0 Å². The van der Waals surface area contributed by atoms with Crippen LogP contribution in [-0.4, -0.2) is 17.7 Å². The van der Waals surface area contributed by atoms with E-state index in [1.807, 2.05) is 11.8 Å². The first-order chi connectivity index (χ1) is 5.68. The lowest BCUT2D eigenvalue weighted by Gasteiger charge is -2.08. The zero-order chi connectivity index (χ0) is 8.97. The predicted octanol–water partition coefficient (Wildman–Crippen LogP) is 1.92. The summed E-state index contributed by atoms with van der Waals surface area (Å²) in [5.41, 5.74) is 0. The largest absolute Gasteiger partial charge is 0.356 e. The van der Waals surface area contributed by atoms with Crippen LogP contribution in [0.15, 0.2) is 11.0 Å². The van der Waals surface area contributed by atoms with Gasteiger partial charge in [0.25, 0.3) is 0 Å². The van der Waals surface area contributed by atoms with Gasteiger partial charge in [0.15, 0.2) is 0 Å². The van der Waals surface area contributed by atoms with Crippen LogP contribution in [-0.2, 0) is 4.79 Å². The lowest BCUT2D eigenvalue weighted by molar-refractivity contribution is -0.118. The van der Waals surface area contributed by atoms with Crippen molar-refractivity contribution in [3.05, 3.63) is 11.0 Å². The number of hydrogen-bond acceptors (Lipinski definition) is 2. The van der Waals surface area contributed by atoms with E-state index in [0.717, 1.165) is 19.4 Å². The quantitative estimate of drug-likeness (QED) is 0.728. The second-order valence-electron chi connectivity index (χ2n) is 3.06. The molecular formula is C9H15NOS. The molecule has 1 aliphatic heterocycles. The van der Waals surface area contributed by atoms with Crippen LogP contribution < -0.4 is 5.32 Å². The molecule has 0 bridgehead atoms. The van der Waals surface area contributed by atoms with E-state index in [4.69, 9.17) is 0 Å². The van der Waals surface area contributed by atoms with Crippen molar-refractivity contribution in [2.24, 2.45) is 0 Å². The third-order valence-electron chi connectivity index (χ3n) is 1.86. The van der Waals surface area contributed by atoms with Crippen molar-refractivity contribution < 1.29 is 4.79 Å². The molecule has 1 amide bonds. The van der Waals surface area contributed by atoms with Gasteiger partial charge in [-0.3, -0.25) is 4.79 Å². The summed E-state index contributed by atoms with van der Waals surface area (Å²) in [7, 11) is 0. The maximum Gasteiger partial charge on any atom is 0.216 e. The molecule has 0 aliphatic carbocycles. The molecule has 0 fully saturated rings. The van der Waals surface area contributed by atoms with Crippen LogP contribution in [0.5, 0.6) is 0 Å². The minimum Gasteiger partial charge on any atom is -0.356 e. The van der Waals surface area contributed by atoms with Gasteiger partial charge in [0.1, 0.15) is 0 Å². The van der Waals surface area contributed by atoms with Gasteiger partial charge in [-0.2, -0.15) is 0 Å². The summed E-state index contributed by atoms with van der Waals surface area (Å²) in [5, 5.41) is 3.50. The highest BCUT2D eigenvalue weighted by Gasteiger charge is 2.14. The minimum atomic E-state index is 0.0719. The first-order valence-corrected chi connectivity index (χ1v) is 5.14. The number of rotatable bonds is 3. The average Bonchev–Trinajstić information content (AvgIpc) is 2.35. The van der Waals surface area contributed by atoms with E-state index in [1.165, 1.54) is 4.91 Å². The van der Waals surface area contributed by atoms with E-state index < -0.39 is 0 Å². The molecule has 68 valence electrons. The van der Waals surface area contributed by atoms with E-state index in [0.29, 0.717) is 5.25 Å². The molecule has 0 spiro atoms. The molecule has 0 aromatic rings. The normalized spacial score (nSPS) is 22.2. The van der Waals surface area contributed by atoms with Crippen LogP contribution in [0, 0.1) is 0 Å². The van der Waals surface area contributed by atoms with E-state index in [2.05, 4.69) is 18.3 Å². The number of amides is 1. The molecule has 0 aromatic heterocycles. The van der Waals surface area contributed by atoms with Crippen LogP contribution >= 0.6 is 11.8 Å². The molecule has 12 heavy (non-hydrogen) atoms. The predicted molar refractivity (Wildman–Crippen MR) is 53.1 cm³/mol. The summed E-state index contributed by atoms with van der Waals surface area (Å²) >= 11 is 1.93. The summed E-state index contributed by atoms with van der Waals surface area (Å²) in [6.45, 7) is 4.52. The molecule has 0 aromatic carbocycles. The second-order valence-corrected chi connectivity index (χ2v) is 4.61. The van der Waals surface area contributed by atoms with Gasteiger partial charge in [-0.25, -0.2) is 0 Å². The molecule has 3 heteroatoms. The Morgan fingerprint density at radius 3 is 3.08 bits per heavy atom. The topological polar surface area (TPSA) is 29.1 Å². The van der Waals surface area contributed by atoms with Crippen LogP contribution in [0.4, 0.5) is 0 Å². The first kappa shape index (κ1) is 9.65. The monoisotopic (exact) mass is 185 g/mol. The molecule has 0 saturated carbocycles. The van der Waals surface area contributed by atoms with Crippen molar-refractivity contribution in [2.75, 3.05) is 6.54 Å². The number of nitrogens with one attached hydrogen (secondary N) is 1. The summed E-state index contributed by atoms with van der Waals surface area (Å²) < 4.78 is 0. The standard InChI is InChI=1S/C9H15NOS/c1-7-3-4-9(12-7)5-6-10-8(2)11/h3,9H,4-6H2,1-2H3,(H,10,11). The van der Waals surface area contributed by atoms with Crippen molar-refractivity contribution in [1.29, 1.82) is 0 Å². The lowest BCUT2D eigenvalue weighted by atomic mass is 10.2. The second kappa shape index (κ2) is 4.55. The van der Waals surface area contributed by atoms with E-state index in [1.54, 1.807) is 6.92 Å². The Morgan fingerprint density at radius 2 is 2.58 bits per heavy atom. The Labute approximate surface area is 77.8 Å². The maximum absolute atomic E-state index is 10.6. The molecule has 1 unspecified atom stereocenters. The number of carbonyl (C=O) groups excluding carboxylic acids is 1. The Balaban J connectivity index is 2.06. The first-order valence-electron chi connectivity index (χ1n) is 4.26. The van der Waals surface area contributed by atoms with Gasteiger partial charge in [-0.05, 0) is 24.7 Å². The summed E-state index contributed by atoms with van der Waals surface area (Å²) in [6.07, 6.45) is 4.51. The molecule has 1 rings (SSSR count). The Hall–Kier alpha value is -0.440. The zero-order valence-corrected chi connectivity index (χ0v) is 8.41. The summed E-state index contributed by atoms with van der Waals surface area (Å²) in [6, 6.07) is 0. The van der Waals surface area contributed by atoms with Gasteiger partial charge in [-0.15, -0.1) is 11.8 Å². The third-order valence-corrected chi connectivity index (χ3v) is 3.16. The van der Waals surface area contributed by atoms with E-state index in [-0.39, 0.29) is 5.91 Å². The highest BCUT2D eigenvalue weighted by molar-refractivity contribution is 8.03. The fraction of sp³-hybridized carbons (Fsp3) is 0.667. The Kier molecular flexibility index (Phi) is 3.66. The van der Waals surface area contributed by atoms with Crippen LogP contribution in [0.3, 0.4) is 0 Å². The molecule has 0 saturated heterocycles. The Bertz CT molecular complexity index is 201. The molecule has 1 heterocycles. The van der Waals surface area contributed by atoms with Crippen molar-refractivity contribution >= 4 is 17.7 Å². The lowest BCUT2D eigenvalue weighted by Crippen LogP contribution is -2.23. The summed E-state index contributed by atoms with van der Waals surface area (Å²) in [4.78, 5) is 12.0. The average molecular weight is 185 g/mol. The summed E-state index contributed by atoms with van der Waals surface area (Å²) in [5.74, 6) is 0.0719. The third kappa shape index (κ3) is 3.30. The van der Waals surface area contributed by atoms with Gasteiger partial charge in [0, 0.05) is 18.7 Å². The molecule has 2 nitrogen and oxygen atoms in total. The van der Waals surface area contributed by atoms with Crippen molar-refractivity contribution in [2.45, 2.75) is 31.9 Å². The van der Waals surface area contributed by atoms with Crippen molar-refractivity contribution in [3.63, 3.8) is 0 Å². The molecule has 1 N–H and O–H groups in total. The molecular weight excluding hydrogens is 170 g/mol. The zero-order valence-electron chi connectivity index (χ0n) is 7.59. The SMILES string of the molecule is CC(=O)NCCC1CC=C(C)S1. The number of carbonyl (C=O) groups is 1. The van der Waals surface area contributed by atoms with Gasteiger partial charge in [0.05, 0.1) is 0 Å². The van der Waals surface area contributed by atoms with Gasteiger partial charge >= 0.3 is 0 Å². The van der Waals surface area contributed by atoms with Crippen LogP contribution in [0.1, 0.15) is 26.7 Å². The highest BCUT2D eigenvalue weighted by Crippen LogP contribution is 2.33. The highest BCUT2D eigenvalue weighted by atomic mass is 32.2. The van der Waals surface area contributed by atoms with Gasteiger partial charge in [0.2, 0.25) is 5.91 Å². The fourth-order valence-corrected chi connectivity index (χ4v) is 2.39. The smallest absolute Gasteiger partial charge is 0.216 e. The molecule has 0 radical (unpaired) electrons. The molecule has 1 atom stereocenters. The van der Waals surface area contributed by atoms with Gasteiger partial charge < -0.3 is 5.32 Å². The number of thioether (sulfide) groups is 1.